The molecule has 2 aliphatic heterocycles. The number of thiocarbonyl (C=S) groups is 1. The van der Waals surface area contributed by atoms with Gasteiger partial charge >= 0.3 is 5.24 Å². The third-order valence-electron chi connectivity index (χ3n) is 3.17. The van der Waals surface area contributed by atoms with Gasteiger partial charge in [0.2, 0.25) is 0 Å². The zero-order valence-electron chi connectivity index (χ0n) is 10.1. The van der Waals surface area contributed by atoms with Gasteiger partial charge < -0.3 is 24.1 Å². The molecule has 0 aromatic heterocycles. The van der Waals surface area contributed by atoms with E-state index in [9.17, 15) is 5.11 Å². The van der Waals surface area contributed by atoms with Crippen molar-refractivity contribution in [2.75, 3.05) is 13.2 Å². The fourth-order valence-corrected chi connectivity index (χ4v) is 2.50. The van der Waals surface area contributed by atoms with Gasteiger partial charge in [0, 0.05) is 12.2 Å². The fourth-order valence-electron chi connectivity index (χ4n) is 2.28. The van der Waals surface area contributed by atoms with Crippen LogP contribution < -0.4 is 4.74 Å². The SMILES string of the molecule is O[C@H]1CO[C@H]2[C@@H]1OC[C@H]2OC(=S)Oc1ccccc1. The van der Waals surface area contributed by atoms with E-state index < -0.39 is 6.10 Å². The molecule has 2 heterocycles. The van der Waals surface area contributed by atoms with Gasteiger partial charge in [-0.2, -0.15) is 0 Å². The van der Waals surface area contributed by atoms with E-state index in [1.54, 1.807) is 12.1 Å². The standard InChI is InChI=1S/C13H14O5S/c14-9-6-15-12-10(7-16-11(9)12)18-13(19)17-8-4-2-1-3-5-8/h1-5,9-12,14H,6-7H2/t9-,10+,11+,12+/m0/s1. The Morgan fingerprint density at radius 1 is 1.16 bits per heavy atom. The summed E-state index contributed by atoms with van der Waals surface area (Å²) >= 11 is 5.04. The molecule has 6 heteroatoms. The molecule has 0 amide bonds. The summed E-state index contributed by atoms with van der Waals surface area (Å²) < 4.78 is 21.8. The van der Waals surface area contributed by atoms with Crippen LogP contribution in [0.3, 0.4) is 0 Å². The van der Waals surface area contributed by atoms with Crippen molar-refractivity contribution < 1.29 is 24.1 Å². The number of hydrogen-bond donors (Lipinski definition) is 1. The number of benzene rings is 1. The monoisotopic (exact) mass is 282 g/mol. The number of hydrogen-bond acceptors (Lipinski definition) is 6. The van der Waals surface area contributed by atoms with E-state index in [4.69, 9.17) is 31.2 Å². The molecule has 2 fully saturated rings. The quantitative estimate of drug-likeness (QED) is 0.813. The molecule has 5 nitrogen and oxygen atoms in total. The highest BCUT2D eigenvalue weighted by Crippen LogP contribution is 2.29. The second-order valence-corrected chi connectivity index (χ2v) is 4.82. The van der Waals surface area contributed by atoms with Crippen molar-refractivity contribution in [1.82, 2.24) is 0 Å². The van der Waals surface area contributed by atoms with Crippen molar-refractivity contribution in [1.29, 1.82) is 0 Å². The molecule has 19 heavy (non-hydrogen) atoms. The summed E-state index contributed by atoms with van der Waals surface area (Å²) in [6.45, 7) is 0.603. The second kappa shape index (κ2) is 5.42. The maximum Gasteiger partial charge on any atom is 0.358 e. The Hall–Kier alpha value is -1.21. The van der Waals surface area contributed by atoms with Crippen molar-refractivity contribution in [3.63, 3.8) is 0 Å². The normalized spacial score (nSPS) is 32.9. The lowest BCUT2D eigenvalue weighted by Crippen LogP contribution is -2.34. The lowest BCUT2D eigenvalue weighted by Gasteiger charge is -2.17. The van der Waals surface area contributed by atoms with Gasteiger partial charge in [0.1, 0.15) is 24.1 Å². The van der Waals surface area contributed by atoms with E-state index in [2.05, 4.69) is 0 Å². The van der Waals surface area contributed by atoms with E-state index >= 15 is 0 Å². The first-order valence-electron chi connectivity index (χ1n) is 6.09. The zero-order valence-corrected chi connectivity index (χ0v) is 10.9. The smallest absolute Gasteiger partial charge is 0.358 e. The van der Waals surface area contributed by atoms with E-state index in [-0.39, 0.29) is 30.2 Å². The highest BCUT2D eigenvalue weighted by Gasteiger charge is 2.48. The van der Waals surface area contributed by atoms with Gasteiger partial charge in [-0.25, -0.2) is 0 Å². The topological polar surface area (TPSA) is 57.2 Å². The summed E-state index contributed by atoms with van der Waals surface area (Å²) in [7, 11) is 0. The Kier molecular flexibility index (Phi) is 3.65. The van der Waals surface area contributed by atoms with Gasteiger partial charge in [-0.05, 0) is 12.1 Å². The van der Waals surface area contributed by atoms with Crippen molar-refractivity contribution in [2.45, 2.75) is 24.4 Å². The van der Waals surface area contributed by atoms with Crippen LogP contribution in [0.15, 0.2) is 30.3 Å². The average Bonchev–Trinajstić information content (AvgIpc) is 2.96. The first-order chi connectivity index (χ1) is 9.24. The highest BCUT2D eigenvalue weighted by molar-refractivity contribution is 7.79. The molecule has 0 unspecified atom stereocenters. The first-order valence-corrected chi connectivity index (χ1v) is 6.49. The second-order valence-electron chi connectivity index (χ2n) is 4.48. The number of rotatable bonds is 2. The molecule has 0 saturated carbocycles. The Labute approximate surface area is 116 Å². The first kappa shape index (κ1) is 12.8. The van der Waals surface area contributed by atoms with Gasteiger partial charge in [-0.1, -0.05) is 18.2 Å². The minimum absolute atomic E-state index is 0.0328. The van der Waals surface area contributed by atoms with Gasteiger partial charge in [-0.15, -0.1) is 0 Å². The largest absolute Gasteiger partial charge is 0.448 e. The lowest BCUT2D eigenvalue weighted by molar-refractivity contribution is 0.00199. The van der Waals surface area contributed by atoms with E-state index in [0.29, 0.717) is 12.4 Å². The molecule has 1 aromatic carbocycles. The average molecular weight is 282 g/mol. The van der Waals surface area contributed by atoms with Crippen LogP contribution in [0.1, 0.15) is 0 Å². The molecule has 0 aliphatic carbocycles. The van der Waals surface area contributed by atoms with Crippen LogP contribution in [0.25, 0.3) is 0 Å². The molecule has 0 radical (unpaired) electrons. The summed E-state index contributed by atoms with van der Waals surface area (Å²) in [4.78, 5) is 0. The number of aliphatic hydroxyl groups is 1. The van der Waals surface area contributed by atoms with Crippen LogP contribution in [0.4, 0.5) is 0 Å². The molecular weight excluding hydrogens is 268 g/mol. The molecular formula is C13H14O5S. The van der Waals surface area contributed by atoms with Gasteiger partial charge in [0.25, 0.3) is 0 Å². The fraction of sp³-hybridized carbons (Fsp3) is 0.462. The Morgan fingerprint density at radius 2 is 1.89 bits per heavy atom. The summed E-state index contributed by atoms with van der Waals surface area (Å²) in [6.07, 6.45) is -1.54. The maximum absolute atomic E-state index is 9.62. The van der Waals surface area contributed by atoms with E-state index in [1.807, 2.05) is 18.2 Å². The van der Waals surface area contributed by atoms with Gasteiger partial charge in [0.05, 0.1) is 13.2 Å². The minimum Gasteiger partial charge on any atom is -0.448 e. The van der Waals surface area contributed by atoms with Crippen LogP contribution >= 0.6 is 12.2 Å². The molecule has 0 spiro atoms. The third kappa shape index (κ3) is 2.71. The molecule has 1 aromatic rings. The summed E-state index contributed by atoms with van der Waals surface area (Å²) in [6, 6.07) is 9.17. The van der Waals surface area contributed by atoms with Crippen LogP contribution in [-0.4, -0.2) is 48.0 Å². The molecule has 2 saturated heterocycles. The van der Waals surface area contributed by atoms with Crippen molar-refractivity contribution in [3.8, 4) is 5.75 Å². The van der Waals surface area contributed by atoms with Crippen LogP contribution in [0.5, 0.6) is 5.75 Å². The van der Waals surface area contributed by atoms with Crippen LogP contribution in [-0.2, 0) is 14.2 Å². The Balaban J connectivity index is 1.56. The van der Waals surface area contributed by atoms with Crippen molar-refractivity contribution in [2.24, 2.45) is 0 Å². The Bertz CT molecular complexity index is 452. The molecule has 4 atom stereocenters. The maximum atomic E-state index is 9.62. The molecule has 102 valence electrons. The Morgan fingerprint density at radius 3 is 2.68 bits per heavy atom. The summed E-state index contributed by atoms with van der Waals surface area (Å²) in [5.41, 5.74) is 0. The predicted octanol–water partition coefficient (Wildman–Crippen LogP) is 0.894. The van der Waals surface area contributed by atoms with Crippen molar-refractivity contribution >= 4 is 17.5 Å². The zero-order chi connectivity index (χ0) is 13.2. The van der Waals surface area contributed by atoms with E-state index in [1.165, 1.54) is 0 Å². The number of aliphatic hydroxyl groups excluding tert-OH is 1. The van der Waals surface area contributed by atoms with Crippen LogP contribution in [0, 0.1) is 0 Å². The van der Waals surface area contributed by atoms with E-state index in [0.717, 1.165) is 0 Å². The summed E-state index contributed by atoms with van der Waals surface area (Å²) in [5, 5.41) is 9.65. The molecule has 3 rings (SSSR count). The minimum atomic E-state index is -0.595. The molecule has 2 aliphatic rings. The highest BCUT2D eigenvalue weighted by atomic mass is 32.1. The van der Waals surface area contributed by atoms with Crippen molar-refractivity contribution in [3.05, 3.63) is 30.3 Å². The molecule has 1 N–H and O–H groups in total. The molecule has 0 bridgehead atoms. The number of fused-ring (bicyclic) bond motifs is 1. The third-order valence-corrected chi connectivity index (χ3v) is 3.35. The number of para-hydroxylation sites is 1. The summed E-state index contributed by atoms with van der Waals surface area (Å²) in [5.74, 6) is 0.621. The predicted molar refractivity (Wildman–Crippen MR) is 70.0 cm³/mol. The number of ether oxygens (including phenoxy) is 4. The van der Waals surface area contributed by atoms with Crippen LogP contribution in [0.2, 0.25) is 0 Å². The lowest BCUT2D eigenvalue weighted by atomic mass is 10.1. The van der Waals surface area contributed by atoms with Gasteiger partial charge in [0.15, 0.2) is 6.10 Å². The van der Waals surface area contributed by atoms with Gasteiger partial charge in [-0.3, -0.25) is 0 Å².